The fourth-order valence-corrected chi connectivity index (χ4v) is 4.48. The van der Waals surface area contributed by atoms with E-state index in [0.29, 0.717) is 11.4 Å². The molecule has 7 nitrogen and oxygen atoms in total. The molecule has 2 atom stereocenters. The molecule has 0 radical (unpaired) electrons. The molecule has 0 spiro atoms. The number of nitroso groups, excluding NO2 is 1. The summed E-state index contributed by atoms with van der Waals surface area (Å²) in [7, 11) is 0. The molecule has 4 rings (SSSR count). The second kappa shape index (κ2) is 10.8. The van der Waals surface area contributed by atoms with E-state index in [1.165, 1.54) is 0 Å². The Labute approximate surface area is 184 Å². The zero-order valence-electron chi connectivity index (χ0n) is 18.2. The van der Waals surface area contributed by atoms with Crippen molar-refractivity contribution in [2.75, 3.05) is 65.4 Å². The summed E-state index contributed by atoms with van der Waals surface area (Å²) in [5.74, 6) is 0.387. The third-order valence-electron chi connectivity index (χ3n) is 6.53. The van der Waals surface area contributed by atoms with Crippen molar-refractivity contribution in [3.05, 3.63) is 64.6 Å². The molecule has 7 heteroatoms. The van der Waals surface area contributed by atoms with Gasteiger partial charge < -0.3 is 5.11 Å². The average Bonchev–Trinajstić information content (AvgIpc) is 2.94. The van der Waals surface area contributed by atoms with Gasteiger partial charge in [0, 0.05) is 84.1 Å². The van der Waals surface area contributed by atoms with E-state index in [0.717, 1.165) is 89.7 Å². The molecule has 2 aliphatic heterocycles. The van der Waals surface area contributed by atoms with Crippen LogP contribution in [0.2, 0.25) is 0 Å². The molecular weight excluding hydrogens is 390 g/mol. The van der Waals surface area contributed by atoms with Gasteiger partial charge in [0.05, 0.1) is 0 Å². The minimum Gasteiger partial charge on any atom is -0.508 e. The monoisotopic (exact) mass is 423 g/mol. The van der Waals surface area contributed by atoms with Crippen LogP contribution in [0.5, 0.6) is 5.75 Å². The van der Waals surface area contributed by atoms with Crippen LogP contribution in [-0.4, -0.2) is 90.2 Å². The normalized spacial score (nSPS) is 23.7. The van der Waals surface area contributed by atoms with Crippen molar-refractivity contribution < 1.29 is 5.11 Å². The van der Waals surface area contributed by atoms with Gasteiger partial charge in [-0.05, 0) is 22.9 Å². The van der Waals surface area contributed by atoms with Crippen molar-refractivity contribution in [1.29, 1.82) is 0 Å². The number of fused-ring (bicyclic) bond motifs is 3. The Kier molecular flexibility index (Phi) is 7.64. The second-order valence-electron chi connectivity index (χ2n) is 8.58. The Bertz CT molecular complexity index is 841. The standard InChI is InChI=1S/C24H33N5O2/c30-24-8-4-2-6-22(24)20-29-17-13-26-9-10-27(14-18-29)12-16-28(15-11-26)19-21-5-1-3-7-23(21)25-31/h1-8,30H,9-20H2. The summed E-state index contributed by atoms with van der Waals surface area (Å²) in [4.78, 5) is 21.2. The van der Waals surface area contributed by atoms with E-state index in [9.17, 15) is 10.0 Å². The molecule has 2 heterocycles. The van der Waals surface area contributed by atoms with Gasteiger partial charge in [-0.3, -0.25) is 19.6 Å². The number of hydrogen-bond acceptors (Lipinski definition) is 7. The first-order valence-corrected chi connectivity index (χ1v) is 11.3. The van der Waals surface area contributed by atoms with Crippen molar-refractivity contribution in [3.63, 3.8) is 0 Å². The van der Waals surface area contributed by atoms with Gasteiger partial charge in [-0.15, -0.1) is 4.91 Å². The molecule has 0 aromatic heterocycles. The summed E-state index contributed by atoms with van der Waals surface area (Å²) < 4.78 is 0. The first kappa shape index (κ1) is 21.9. The van der Waals surface area contributed by atoms with E-state index < -0.39 is 0 Å². The summed E-state index contributed by atoms with van der Waals surface area (Å²) in [6.07, 6.45) is 0. The zero-order valence-corrected chi connectivity index (χ0v) is 18.2. The Morgan fingerprint density at radius 1 is 0.645 bits per heavy atom. The molecule has 0 aliphatic carbocycles. The third-order valence-corrected chi connectivity index (χ3v) is 6.53. The SMILES string of the molecule is O=Nc1ccccc1CN1CCN2CCN(CCN(Cc3ccccc3O)CC2)CC1. The summed E-state index contributed by atoms with van der Waals surface area (Å²) >= 11 is 0. The largest absolute Gasteiger partial charge is 0.508 e. The Morgan fingerprint density at radius 2 is 1.10 bits per heavy atom. The predicted octanol–water partition coefficient (Wildman–Crippen LogP) is 2.73. The number of nitrogens with zero attached hydrogens (tertiary/aromatic N) is 5. The number of aromatic hydroxyl groups is 1. The molecule has 31 heavy (non-hydrogen) atoms. The van der Waals surface area contributed by atoms with Crippen LogP contribution in [0, 0.1) is 4.91 Å². The first-order valence-electron chi connectivity index (χ1n) is 11.3. The van der Waals surface area contributed by atoms with Crippen molar-refractivity contribution in [1.82, 2.24) is 19.6 Å². The molecule has 2 aromatic carbocycles. The van der Waals surface area contributed by atoms with Gasteiger partial charge in [0.15, 0.2) is 0 Å². The maximum absolute atomic E-state index is 11.2. The van der Waals surface area contributed by atoms with Crippen molar-refractivity contribution in [3.8, 4) is 5.75 Å². The van der Waals surface area contributed by atoms with E-state index in [4.69, 9.17) is 0 Å². The lowest BCUT2D eigenvalue weighted by Gasteiger charge is -2.30. The lowest BCUT2D eigenvalue weighted by Crippen LogP contribution is -2.41. The van der Waals surface area contributed by atoms with Crippen LogP contribution in [0.3, 0.4) is 0 Å². The highest BCUT2D eigenvalue weighted by Crippen LogP contribution is 2.21. The minimum absolute atomic E-state index is 0.387. The highest BCUT2D eigenvalue weighted by molar-refractivity contribution is 5.45. The zero-order chi connectivity index (χ0) is 21.5. The van der Waals surface area contributed by atoms with E-state index >= 15 is 0 Å². The molecule has 2 bridgehead atoms. The molecule has 0 amide bonds. The van der Waals surface area contributed by atoms with Crippen LogP contribution >= 0.6 is 0 Å². The number of benzene rings is 2. The van der Waals surface area contributed by atoms with Crippen LogP contribution in [-0.2, 0) is 13.1 Å². The Balaban J connectivity index is 1.40. The van der Waals surface area contributed by atoms with Crippen molar-refractivity contribution in [2.24, 2.45) is 5.18 Å². The predicted molar refractivity (Wildman–Crippen MR) is 123 cm³/mol. The molecule has 2 fully saturated rings. The fraction of sp³-hybridized carbons (Fsp3) is 0.500. The average molecular weight is 424 g/mol. The molecule has 2 unspecified atom stereocenters. The number of phenolic OH excluding ortho intramolecular Hbond substituents is 1. The maximum Gasteiger partial charge on any atom is 0.120 e. The van der Waals surface area contributed by atoms with E-state index in [1.807, 2.05) is 36.4 Å². The van der Waals surface area contributed by atoms with Crippen molar-refractivity contribution >= 4 is 5.69 Å². The lowest BCUT2D eigenvalue weighted by atomic mass is 10.1. The number of para-hydroxylation sites is 1. The van der Waals surface area contributed by atoms with Gasteiger partial charge in [0.2, 0.25) is 0 Å². The Morgan fingerprint density at radius 3 is 1.65 bits per heavy atom. The number of rotatable bonds is 5. The summed E-state index contributed by atoms with van der Waals surface area (Å²) in [6.45, 7) is 11.8. The van der Waals surface area contributed by atoms with E-state index in [1.54, 1.807) is 12.1 Å². The highest BCUT2D eigenvalue weighted by atomic mass is 16.3. The summed E-state index contributed by atoms with van der Waals surface area (Å²) in [5, 5.41) is 13.4. The van der Waals surface area contributed by atoms with Crippen LogP contribution in [0.25, 0.3) is 0 Å². The maximum atomic E-state index is 11.2. The van der Waals surface area contributed by atoms with Crippen molar-refractivity contribution in [2.45, 2.75) is 13.1 Å². The molecule has 0 saturated carbocycles. The minimum atomic E-state index is 0.387. The summed E-state index contributed by atoms with van der Waals surface area (Å²) in [5.41, 5.74) is 2.56. The van der Waals surface area contributed by atoms with E-state index in [2.05, 4.69) is 24.8 Å². The summed E-state index contributed by atoms with van der Waals surface area (Å²) in [6, 6.07) is 15.3. The van der Waals surface area contributed by atoms with Gasteiger partial charge in [-0.2, -0.15) is 0 Å². The Hall–Kier alpha value is -2.32. The third kappa shape index (κ3) is 6.11. The molecule has 2 aromatic rings. The number of hydrogen-bond donors (Lipinski definition) is 1. The molecule has 166 valence electrons. The van der Waals surface area contributed by atoms with Gasteiger partial charge in [0.1, 0.15) is 11.4 Å². The fourth-order valence-electron chi connectivity index (χ4n) is 4.48. The molecule has 2 aliphatic rings. The van der Waals surface area contributed by atoms with Gasteiger partial charge >= 0.3 is 0 Å². The van der Waals surface area contributed by atoms with Crippen LogP contribution < -0.4 is 0 Å². The lowest BCUT2D eigenvalue weighted by molar-refractivity contribution is 0.168. The van der Waals surface area contributed by atoms with Crippen LogP contribution in [0.15, 0.2) is 53.7 Å². The number of phenols is 1. The van der Waals surface area contributed by atoms with Gasteiger partial charge in [-0.25, -0.2) is 0 Å². The molecule has 1 N–H and O–H groups in total. The van der Waals surface area contributed by atoms with Gasteiger partial charge in [-0.1, -0.05) is 36.4 Å². The quantitative estimate of drug-likeness (QED) is 0.746. The topological polar surface area (TPSA) is 62.6 Å². The smallest absolute Gasteiger partial charge is 0.120 e. The first-order chi connectivity index (χ1) is 15.2. The van der Waals surface area contributed by atoms with Gasteiger partial charge in [0.25, 0.3) is 0 Å². The molecular formula is C24H33N5O2. The van der Waals surface area contributed by atoms with Crippen LogP contribution in [0.4, 0.5) is 5.69 Å². The van der Waals surface area contributed by atoms with Crippen LogP contribution in [0.1, 0.15) is 11.1 Å². The second-order valence-corrected chi connectivity index (χ2v) is 8.58. The molecule has 2 saturated heterocycles. The highest BCUT2D eigenvalue weighted by Gasteiger charge is 2.21. The van der Waals surface area contributed by atoms with E-state index in [-0.39, 0.29) is 0 Å².